The predicted molar refractivity (Wildman–Crippen MR) is 175 cm³/mol. The maximum Gasteiger partial charge on any atom is 0.418 e. The smallest absolute Gasteiger partial charge is 0.418 e. The standard InChI is InChI=1S/C34H37ClF5N7O2/c1-17-12-33(7-3-9-45(33)13-17)16-49-32-43-29-24-30(26(35)23(27(29)37)28-25(34(38,39)40)18(2)11-22(41)42-28)48-15-21-20-6-5-19(46(20)10-4-8-36)14-47(21)31(24)44-32/h11,19-21H,1,3-10,12-16H2,2H3,(H2,41,42)/t19-,20+,21-,33+/m1/s1. The van der Waals surface area contributed by atoms with Crippen molar-refractivity contribution in [1.82, 2.24) is 24.8 Å². The number of pyridine rings is 1. The van der Waals surface area contributed by atoms with Crippen LogP contribution >= 0.6 is 11.6 Å². The first-order valence-corrected chi connectivity index (χ1v) is 17.1. The van der Waals surface area contributed by atoms with Gasteiger partial charge in [-0.3, -0.25) is 14.2 Å². The van der Waals surface area contributed by atoms with E-state index in [1.54, 1.807) is 0 Å². The lowest BCUT2D eigenvalue weighted by Gasteiger charge is -2.46. The minimum Gasteiger partial charge on any atom is -0.489 e. The number of aryl methyl sites for hydroxylation is 1. The normalized spacial score (nSPS) is 26.6. The number of rotatable bonds is 7. The minimum absolute atomic E-state index is 0.0115. The Balaban J connectivity index is 1.31. The maximum absolute atomic E-state index is 17.1. The van der Waals surface area contributed by atoms with E-state index in [2.05, 4.69) is 31.2 Å². The topological polar surface area (TPSA) is 92.9 Å². The lowest BCUT2D eigenvalue weighted by molar-refractivity contribution is -0.137. The van der Waals surface area contributed by atoms with Crippen molar-refractivity contribution in [2.24, 2.45) is 0 Å². The number of halogens is 6. The molecule has 5 aliphatic rings. The van der Waals surface area contributed by atoms with Crippen LogP contribution in [-0.4, -0.2) is 94.5 Å². The van der Waals surface area contributed by atoms with E-state index in [4.69, 9.17) is 31.8 Å². The predicted octanol–water partition coefficient (Wildman–Crippen LogP) is 6.34. The zero-order valence-electron chi connectivity index (χ0n) is 27.1. The molecule has 7 heterocycles. The Bertz CT molecular complexity index is 1860. The molecule has 4 fully saturated rings. The van der Waals surface area contributed by atoms with Gasteiger partial charge in [0.2, 0.25) is 0 Å². The average molecular weight is 706 g/mol. The van der Waals surface area contributed by atoms with E-state index in [1.165, 1.54) is 6.92 Å². The van der Waals surface area contributed by atoms with Crippen molar-refractivity contribution in [3.63, 3.8) is 0 Å². The third-order valence-electron chi connectivity index (χ3n) is 11.1. The van der Waals surface area contributed by atoms with Gasteiger partial charge in [-0.15, -0.1) is 0 Å². The van der Waals surface area contributed by atoms with Gasteiger partial charge in [-0.25, -0.2) is 9.37 Å². The lowest BCUT2D eigenvalue weighted by Crippen LogP contribution is -2.61. The van der Waals surface area contributed by atoms with Gasteiger partial charge in [-0.1, -0.05) is 23.8 Å². The van der Waals surface area contributed by atoms with E-state index in [1.807, 2.05) is 0 Å². The Kier molecular flexibility index (Phi) is 7.87. The first-order chi connectivity index (χ1) is 23.4. The van der Waals surface area contributed by atoms with Crippen molar-refractivity contribution in [3.05, 3.63) is 40.2 Å². The summed E-state index contributed by atoms with van der Waals surface area (Å²) in [5, 5.41) is -0.224. The number of alkyl halides is 4. The number of ether oxygens (including phenoxy) is 2. The van der Waals surface area contributed by atoms with Crippen LogP contribution in [0.25, 0.3) is 22.2 Å². The number of piperazine rings is 1. The summed E-state index contributed by atoms with van der Waals surface area (Å²) in [6.45, 7) is 8.10. The van der Waals surface area contributed by atoms with E-state index in [9.17, 15) is 17.6 Å². The molecule has 0 saturated carbocycles. The van der Waals surface area contributed by atoms with Crippen LogP contribution < -0.4 is 20.1 Å². The SMILES string of the molecule is C=C1CN2CCC[C@@]2(COc2nc3c4c(c(Cl)c(-c5nc(N)cc(C)c5C(F)(F)F)c(F)c4n2)OC[C@@H]2[C@@H]4CC[C@H](CN32)N4CCCF)C1. The number of aromatic nitrogens is 3. The number of nitrogens with zero attached hydrogens (tertiary/aromatic N) is 6. The molecule has 0 unspecified atom stereocenters. The number of hydrogen-bond acceptors (Lipinski definition) is 9. The fourth-order valence-electron chi connectivity index (χ4n) is 9.08. The van der Waals surface area contributed by atoms with Gasteiger partial charge in [0.25, 0.3) is 0 Å². The Morgan fingerprint density at radius 3 is 2.80 bits per heavy atom. The summed E-state index contributed by atoms with van der Waals surface area (Å²) >= 11 is 6.88. The molecule has 2 N–H and O–H groups in total. The molecule has 4 atom stereocenters. The number of hydrogen-bond donors (Lipinski definition) is 1. The van der Waals surface area contributed by atoms with Crippen molar-refractivity contribution < 1.29 is 31.4 Å². The highest BCUT2D eigenvalue weighted by molar-refractivity contribution is 6.36. The Hall–Kier alpha value is -3.49. The second kappa shape index (κ2) is 11.8. The summed E-state index contributed by atoms with van der Waals surface area (Å²) in [6, 6.07) is 0.803. The number of nitrogens with two attached hydrogens (primary N) is 1. The van der Waals surface area contributed by atoms with Crippen LogP contribution in [0.15, 0.2) is 18.2 Å². The largest absolute Gasteiger partial charge is 0.489 e. The van der Waals surface area contributed by atoms with Gasteiger partial charge in [0.15, 0.2) is 11.6 Å². The van der Waals surface area contributed by atoms with E-state index in [-0.39, 0.29) is 75.9 Å². The van der Waals surface area contributed by atoms with E-state index >= 15 is 4.39 Å². The lowest BCUT2D eigenvalue weighted by atomic mass is 9.94. The molecule has 0 radical (unpaired) electrons. The summed E-state index contributed by atoms with van der Waals surface area (Å²) in [4.78, 5) is 20.1. The fraction of sp³-hybridized carbons (Fsp3) is 0.559. The van der Waals surface area contributed by atoms with Crippen LogP contribution in [0.2, 0.25) is 5.02 Å². The van der Waals surface area contributed by atoms with Gasteiger partial charge in [0, 0.05) is 31.7 Å². The van der Waals surface area contributed by atoms with Crippen LogP contribution in [0.4, 0.5) is 33.6 Å². The second-order valence-electron chi connectivity index (χ2n) is 14.0. The highest BCUT2D eigenvalue weighted by Crippen LogP contribution is 2.52. The minimum atomic E-state index is -4.90. The first-order valence-electron chi connectivity index (χ1n) is 16.7. The van der Waals surface area contributed by atoms with Crippen molar-refractivity contribution in [2.45, 2.75) is 75.3 Å². The van der Waals surface area contributed by atoms with E-state index in [0.29, 0.717) is 25.3 Å². The molecule has 1 aromatic carbocycles. The third-order valence-corrected chi connectivity index (χ3v) is 11.4. The molecule has 2 bridgehead atoms. The van der Waals surface area contributed by atoms with Crippen LogP contribution in [0.3, 0.4) is 0 Å². The molecule has 5 aliphatic heterocycles. The van der Waals surface area contributed by atoms with Gasteiger partial charge >= 0.3 is 12.2 Å². The first kappa shape index (κ1) is 32.7. The molecule has 0 spiro atoms. The molecule has 262 valence electrons. The second-order valence-corrected chi connectivity index (χ2v) is 14.4. The van der Waals surface area contributed by atoms with Crippen LogP contribution in [0.1, 0.15) is 49.7 Å². The van der Waals surface area contributed by atoms with Gasteiger partial charge < -0.3 is 20.1 Å². The highest BCUT2D eigenvalue weighted by atomic mass is 35.5. The molecule has 49 heavy (non-hydrogen) atoms. The molecule has 0 amide bonds. The molecule has 15 heteroatoms. The molecule has 9 nitrogen and oxygen atoms in total. The van der Waals surface area contributed by atoms with Gasteiger partial charge in [0.1, 0.15) is 30.4 Å². The van der Waals surface area contributed by atoms with Gasteiger partial charge in [-0.05, 0) is 63.6 Å². The summed E-state index contributed by atoms with van der Waals surface area (Å²) in [5.41, 5.74) is 3.72. The summed E-state index contributed by atoms with van der Waals surface area (Å²) in [5.74, 6) is -1.02. The van der Waals surface area contributed by atoms with Crippen LogP contribution in [0.5, 0.6) is 11.8 Å². The van der Waals surface area contributed by atoms with E-state index < -0.39 is 35.5 Å². The fourth-order valence-corrected chi connectivity index (χ4v) is 9.40. The van der Waals surface area contributed by atoms with Gasteiger partial charge in [0.05, 0.1) is 45.5 Å². The molecule has 8 rings (SSSR count). The van der Waals surface area contributed by atoms with E-state index in [0.717, 1.165) is 56.8 Å². The summed E-state index contributed by atoms with van der Waals surface area (Å²) in [6.07, 6.45) is -0.110. The summed E-state index contributed by atoms with van der Waals surface area (Å²) < 4.78 is 86.6. The number of fused-ring (bicyclic) bond motifs is 6. The molecule has 0 aliphatic carbocycles. The molecular formula is C34H37ClF5N7O2. The Labute approximate surface area is 285 Å². The number of benzene rings is 1. The van der Waals surface area contributed by atoms with Crippen LogP contribution in [-0.2, 0) is 6.18 Å². The molecule has 4 saturated heterocycles. The van der Waals surface area contributed by atoms with Crippen LogP contribution in [0, 0.1) is 12.7 Å². The van der Waals surface area contributed by atoms with Crippen molar-refractivity contribution >= 4 is 34.1 Å². The Morgan fingerprint density at radius 1 is 1.20 bits per heavy atom. The monoisotopic (exact) mass is 705 g/mol. The van der Waals surface area contributed by atoms with Gasteiger partial charge in [-0.2, -0.15) is 23.1 Å². The quantitative estimate of drug-likeness (QED) is 0.223. The third kappa shape index (κ3) is 5.19. The van der Waals surface area contributed by atoms with Crippen molar-refractivity contribution in [3.8, 4) is 23.0 Å². The zero-order chi connectivity index (χ0) is 34.4. The molecular weight excluding hydrogens is 669 g/mol. The molecule has 2 aromatic heterocycles. The maximum atomic E-state index is 17.1. The number of anilines is 2. The summed E-state index contributed by atoms with van der Waals surface area (Å²) in [7, 11) is 0. The zero-order valence-corrected chi connectivity index (χ0v) is 27.8. The van der Waals surface area contributed by atoms with Crippen molar-refractivity contribution in [1.29, 1.82) is 0 Å². The van der Waals surface area contributed by atoms with Crippen molar-refractivity contribution in [2.75, 3.05) is 56.7 Å². The number of nitrogen functional groups attached to an aromatic ring is 1. The average Bonchev–Trinajstić information content (AvgIpc) is 3.61. The highest BCUT2D eigenvalue weighted by Gasteiger charge is 2.50. The Morgan fingerprint density at radius 2 is 2.02 bits per heavy atom. The molecule has 3 aromatic rings.